The number of para-hydroxylation sites is 1. The van der Waals surface area contributed by atoms with Gasteiger partial charge in [0.15, 0.2) is 0 Å². The maximum absolute atomic E-state index is 11.7. The van der Waals surface area contributed by atoms with Gasteiger partial charge in [-0.1, -0.05) is 36.4 Å². The van der Waals surface area contributed by atoms with Crippen molar-refractivity contribution in [1.29, 1.82) is 0 Å². The summed E-state index contributed by atoms with van der Waals surface area (Å²) in [6.45, 7) is 0.297. The zero-order chi connectivity index (χ0) is 18.6. The van der Waals surface area contributed by atoms with Crippen LogP contribution in [0.2, 0.25) is 0 Å². The summed E-state index contributed by atoms with van der Waals surface area (Å²) in [6, 6.07) is 17.2. The van der Waals surface area contributed by atoms with E-state index in [2.05, 4.69) is 4.98 Å². The number of carbonyl (C=O) groups excluding carboxylic acids is 1. The van der Waals surface area contributed by atoms with Crippen LogP contribution >= 0.6 is 0 Å². The SMILES string of the molecule is NC(=O)NS(=O)(=O)Cc1ccc(OCc2ccc3ccccc3n2)cc1. The predicted molar refractivity (Wildman–Crippen MR) is 97.9 cm³/mol. The van der Waals surface area contributed by atoms with Gasteiger partial charge in [0.05, 0.1) is 17.0 Å². The average molecular weight is 371 g/mol. The van der Waals surface area contributed by atoms with Crippen LogP contribution in [0.5, 0.6) is 5.75 Å². The molecule has 2 amide bonds. The van der Waals surface area contributed by atoms with Gasteiger partial charge in [0.2, 0.25) is 10.0 Å². The van der Waals surface area contributed by atoms with Crippen molar-refractivity contribution < 1.29 is 17.9 Å². The number of primary amides is 1. The molecule has 0 aliphatic carbocycles. The van der Waals surface area contributed by atoms with E-state index in [1.165, 1.54) is 0 Å². The molecule has 26 heavy (non-hydrogen) atoms. The maximum Gasteiger partial charge on any atom is 0.325 e. The Balaban J connectivity index is 1.62. The Morgan fingerprint density at radius 1 is 1.04 bits per heavy atom. The molecule has 0 saturated carbocycles. The molecule has 0 fully saturated rings. The number of aromatic nitrogens is 1. The van der Waals surface area contributed by atoms with E-state index >= 15 is 0 Å². The summed E-state index contributed by atoms with van der Waals surface area (Å²) in [4.78, 5) is 15.2. The summed E-state index contributed by atoms with van der Waals surface area (Å²) in [5.41, 5.74) is 7.03. The van der Waals surface area contributed by atoms with E-state index in [0.29, 0.717) is 17.9 Å². The molecule has 0 aliphatic rings. The van der Waals surface area contributed by atoms with Crippen molar-refractivity contribution in [3.05, 3.63) is 71.9 Å². The zero-order valence-electron chi connectivity index (χ0n) is 13.8. The van der Waals surface area contributed by atoms with Crippen LogP contribution < -0.4 is 15.2 Å². The second-order valence-electron chi connectivity index (χ2n) is 5.65. The fourth-order valence-corrected chi connectivity index (χ4v) is 3.45. The number of sulfonamides is 1. The molecule has 0 unspecified atom stereocenters. The lowest BCUT2D eigenvalue weighted by atomic mass is 10.2. The van der Waals surface area contributed by atoms with Crippen LogP contribution in [0.4, 0.5) is 4.79 Å². The molecule has 1 aromatic heterocycles. The van der Waals surface area contributed by atoms with Crippen molar-refractivity contribution in [3.8, 4) is 5.75 Å². The summed E-state index contributed by atoms with van der Waals surface area (Å²) in [6.07, 6.45) is 0. The lowest BCUT2D eigenvalue weighted by Gasteiger charge is -2.08. The first-order chi connectivity index (χ1) is 12.4. The van der Waals surface area contributed by atoms with Crippen LogP contribution in [-0.2, 0) is 22.4 Å². The average Bonchev–Trinajstić information content (AvgIpc) is 2.59. The molecule has 3 N–H and O–H groups in total. The van der Waals surface area contributed by atoms with Crippen LogP contribution in [0.25, 0.3) is 10.9 Å². The number of nitrogens with one attached hydrogen (secondary N) is 1. The monoisotopic (exact) mass is 371 g/mol. The predicted octanol–water partition coefficient (Wildman–Crippen LogP) is 2.31. The quantitative estimate of drug-likeness (QED) is 0.691. The van der Waals surface area contributed by atoms with Crippen LogP contribution in [0.3, 0.4) is 0 Å². The van der Waals surface area contributed by atoms with Gasteiger partial charge in [0, 0.05) is 5.39 Å². The lowest BCUT2D eigenvalue weighted by Crippen LogP contribution is -2.35. The van der Waals surface area contributed by atoms with Crippen LogP contribution in [-0.4, -0.2) is 19.4 Å². The van der Waals surface area contributed by atoms with Crippen LogP contribution in [0.1, 0.15) is 11.3 Å². The molecule has 3 aromatic rings. The van der Waals surface area contributed by atoms with Crippen molar-refractivity contribution in [2.24, 2.45) is 5.73 Å². The largest absolute Gasteiger partial charge is 0.487 e. The van der Waals surface area contributed by atoms with Gasteiger partial charge in [-0.3, -0.25) is 0 Å². The molecule has 0 bridgehead atoms. The molecule has 0 saturated heterocycles. The lowest BCUT2D eigenvalue weighted by molar-refractivity contribution is 0.253. The summed E-state index contributed by atoms with van der Waals surface area (Å²) in [7, 11) is -3.80. The fourth-order valence-electron chi connectivity index (χ4n) is 2.44. The van der Waals surface area contributed by atoms with E-state index in [1.54, 1.807) is 29.0 Å². The summed E-state index contributed by atoms with van der Waals surface area (Å²) < 4.78 is 30.7. The number of amides is 2. The van der Waals surface area contributed by atoms with E-state index in [1.807, 2.05) is 36.4 Å². The summed E-state index contributed by atoms with van der Waals surface area (Å²) in [5.74, 6) is 0.242. The van der Waals surface area contributed by atoms with E-state index < -0.39 is 16.1 Å². The molecule has 7 nitrogen and oxygen atoms in total. The van der Waals surface area contributed by atoms with Crippen molar-refractivity contribution in [2.45, 2.75) is 12.4 Å². The summed E-state index contributed by atoms with van der Waals surface area (Å²) in [5, 5.41) is 1.06. The number of pyridine rings is 1. The van der Waals surface area contributed by atoms with E-state index in [-0.39, 0.29) is 5.75 Å². The van der Waals surface area contributed by atoms with Crippen molar-refractivity contribution in [3.63, 3.8) is 0 Å². The third kappa shape index (κ3) is 4.70. The highest BCUT2D eigenvalue weighted by Gasteiger charge is 2.13. The zero-order valence-corrected chi connectivity index (χ0v) is 14.6. The van der Waals surface area contributed by atoms with Gasteiger partial charge in [0.1, 0.15) is 12.4 Å². The Morgan fingerprint density at radius 2 is 1.77 bits per heavy atom. The first-order valence-electron chi connectivity index (χ1n) is 7.78. The van der Waals surface area contributed by atoms with Crippen LogP contribution in [0, 0.1) is 0 Å². The number of benzene rings is 2. The Bertz CT molecular complexity index is 1030. The van der Waals surface area contributed by atoms with Gasteiger partial charge in [-0.25, -0.2) is 22.9 Å². The number of urea groups is 1. The van der Waals surface area contributed by atoms with E-state index in [4.69, 9.17) is 10.5 Å². The molecule has 0 spiro atoms. The maximum atomic E-state index is 11.7. The Hall–Kier alpha value is -3.13. The standard InChI is InChI=1S/C18H17N3O4S/c19-18(22)21-26(23,24)12-13-5-9-16(10-6-13)25-11-15-8-7-14-3-1-2-4-17(14)20-15/h1-10H,11-12H2,(H3,19,21,22). The number of nitrogens with two attached hydrogens (primary N) is 1. The second-order valence-corrected chi connectivity index (χ2v) is 7.38. The van der Waals surface area contributed by atoms with Crippen molar-refractivity contribution >= 4 is 27.0 Å². The van der Waals surface area contributed by atoms with Gasteiger partial charge in [0.25, 0.3) is 0 Å². The molecule has 8 heteroatoms. The van der Waals surface area contributed by atoms with Gasteiger partial charge >= 0.3 is 6.03 Å². The highest BCUT2D eigenvalue weighted by molar-refractivity contribution is 7.89. The first kappa shape index (κ1) is 17.7. The smallest absolute Gasteiger partial charge is 0.325 e. The van der Waals surface area contributed by atoms with Gasteiger partial charge in [-0.2, -0.15) is 0 Å². The molecule has 0 atom stereocenters. The normalized spacial score (nSPS) is 11.2. The third-order valence-electron chi connectivity index (χ3n) is 3.58. The highest BCUT2D eigenvalue weighted by Crippen LogP contribution is 2.17. The first-order valence-corrected chi connectivity index (χ1v) is 9.43. The molecule has 0 radical (unpaired) electrons. The highest BCUT2D eigenvalue weighted by atomic mass is 32.2. The fraction of sp³-hybridized carbons (Fsp3) is 0.111. The van der Waals surface area contributed by atoms with Crippen molar-refractivity contribution in [1.82, 2.24) is 9.71 Å². The van der Waals surface area contributed by atoms with Gasteiger partial charge < -0.3 is 10.5 Å². The summed E-state index contributed by atoms with van der Waals surface area (Å²) >= 11 is 0. The van der Waals surface area contributed by atoms with Crippen LogP contribution in [0.15, 0.2) is 60.7 Å². The number of nitrogens with zero attached hydrogens (tertiary/aromatic N) is 1. The number of ether oxygens (including phenoxy) is 1. The molecule has 3 rings (SSSR count). The minimum absolute atomic E-state index is 0.297. The molecular formula is C18H17N3O4S. The molecular weight excluding hydrogens is 354 g/mol. The third-order valence-corrected chi connectivity index (χ3v) is 4.80. The minimum atomic E-state index is -3.80. The molecule has 134 valence electrons. The number of rotatable bonds is 6. The number of hydrogen-bond acceptors (Lipinski definition) is 5. The second kappa shape index (κ2) is 7.40. The van der Waals surface area contributed by atoms with E-state index in [0.717, 1.165) is 16.6 Å². The molecule has 1 heterocycles. The number of fused-ring (bicyclic) bond motifs is 1. The van der Waals surface area contributed by atoms with Gasteiger partial charge in [-0.05, 0) is 29.8 Å². The number of hydrogen-bond donors (Lipinski definition) is 2. The topological polar surface area (TPSA) is 111 Å². The van der Waals surface area contributed by atoms with Crippen molar-refractivity contribution in [2.75, 3.05) is 0 Å². The molecule has 2 aromatic carbocycles. The Morgan fingerprint density at radius 3 is 2.50 bits per heavy atom. The molecule has 0 aliphatic heterocycles. The Kier molecular flexibility index (Phi) is 5.04. The van der Waals surface area contributed by atoms with Gasteiger partial charge in [-0.15, -0.1) is 0 Å². The number of carbonyl (C=O) groups is 1. The Labute approximate surface area is 150 Å². The minimum Gasteiger partial charge on any atom is -0.487 e. The van der Waals surface area contributed by atoms with E-state index in [9.17, 15) is 13.2 Å².